The number of carbonyl (C=O) groups is 1. The van der Waals surface area contributed by atoms with Crippen LogP contribution in [0.2, 0.25) is 0 Å². The van der Waals surface area contributed by atoms with Gasteiger partial charge in [-0.2, -0.15) is 0 Å². The number of fused-ring (bicyclic) bond motifs is 1. The Morgan fingerprint density at radius 1 is 1.30 bits per heavy atom. The van der Waals surface area contributed by atoms with Crippen LogP contribution in [0.15, 0.2) is 52.5 Å². The zero-order valence-corrected chi connectivity index (χ0v) is 20.1. The molecule has 3 aromatic rings. The first-order chi connectivity index (χ1) is 17.8. The van der Waals surface area contributed by atoms with Crippen LogP contribution in [0.4, 0.5) is 14.5 Å². The average molecular weight is 513 g/mol. The Morgan fingerprint density at radius 2 is 2.03 bits per heavy atom. The van der Waals surface area contributed by atoms with E-state index in [0.717, 1.165) is 17.8 Å². The minimum Gasteiger partial charge on any atom is -0.492 e. The van der Waals surface area contributed by atoms with E-state index in [1.54, 1.807) is 4.90 Å². The van der Waals surface area contributed by atoms with Crippen molar-refractivity contribution in [2.45, 2.75) is 25.2 Å². The van der Waals surface area contributed by atoms with Crippen LogP contribution in [0.5, 0.6) is 5.75 Å². The molecule has 0 amide bonds. The number of rotatable bonds is 8. The summed E-state index contributed by atoms with van der Waals surface area (Å²) in [6.07, 6.45) is 0.0549. The van der Waals surface area contributed by atoms with Crippen LogP contribution in [-0.2, 0) is 11.4 Å². The molecule has 3 atom stereocenters. The number of hydrogen-bond acceptors (Lipinski definition) is 7. The van der Waals surface area contributed by atoms with E-state index in [1.165, 1.54) is 11.7 Å². The summed E-state index contributed by atoms with van der Waals surface area (Å²) in [6.45, 7) is 1.02. The molecular weight excluding hydrogens is 486 g/mol. The number of anilines is 1. The van der Waals surface area contributed by atoms with Crippen molar-refractivity contribution in [3.8, 4) is 5.75 Å². The minimum atomic E-state index is -1.47. The molecule has 1 aliphatic carbocycles. The number of oxime groups is 1. The lowest BCUT2D eigenvalue weighted by atomic mass is 10.1. The summed E-state index contributed by atoms with van der Waals surface area (Å²) < 4.78 is 36.7. The molecule has 194 valence electrons. The molecule has 0 spiro atoms. The third kappa shape index (κ3) is 4.50. The first-order valence-electron chi connectivity index (χ1n) is 11.8. The van der Waals surface area contributed by atoms with Gasteiger partial charge in [0, 0.05) is 31.6 Å². The third-order valence-corrected chi connectivity index (χ3v) is 6.79. The molecule has 1 aromatic heterocycles. The molecule has 2 aromatic carbocycles. The summed E-state index contributed by atoms with van der Waals surface area (Å²) in [5.74, 6) is -2.44. The van der Waals surface area contributed by atoms with Gasteiger partial charge in [0.25, 0.3) is 0 Å². The lowest BCUT2D eigenvalue weighted by Gasteiger charge is -2.24. The van der Waals surface area contributed by atoms with Crippen molar-refractivity contribution in [3.05, 3.63) is 69.8 Å². The van der Waals surface area contributed by atoms with Crippen molar-refractivity contribution in [2.75, 3.05) is 31.6 Å². The number of carboxylic acid groups (broad SMARTS) is 1. The highest BCUT2D eigenvalue weighted by molar-refractivity contribution is 5.99. The van der Waals surface area contributed by atoms with Crippen LogP contribution >= 0.6 is 0 Å². The van der Waals surface area contributed by atoms with Crippen LogP contribution < -0.4 is 20.8 Å². The van der Waals surface area contributed by atoms with Crippen LogP contribution in [0.3, 0.4) is 0 Å². The van der Waals surface area contributed by atoms with Gasteiger partial charge in [-0.05, 0) is 11.6 Å². The average Bonchev–Trinajstić information content (AvgIpc) is 3.47. The Bertz CT molecular complexity index is 1440. The molecule has 0 radical (unpaired) electrons. The van der Waals surface area contributed by atoms with Gasteiger partial charge in [0.15, 0.2) is 11.6 Å². The third-order valence-electron chi connectivity index (χ3n) is 6.79. The molecule has 2 fully saturated rings. The van der Waals surface area contributed by atoms with Gasteiger partial charge in [-0.3, -0.25) is 4.79 Å². The lowest BCUT2D eigenvalue weighted by Crippen LogP contribution is -2.25. The van der Waals surface area contributed by atoms with E-state index in [4.69, 9.17) is 15.3 Å². The number of hydrogen-bond donors (Lipinski definition) is 2. The Balaban J connectivity index is 1.56. The second kappa shape index (κ2) is 9.81. The largest absolute Gasteiger partial charge is 0.492 e. The summed E-state index contributed by atoms with van der Waals surface area (Å²) in [7, 11) is 1.33. The number of nitrogens with two attached hydrogens (primary N) is 1. The number of aromatic carboxylic acids is 1. The zero-order valence-electron chi connectivity index (χ0n) is 20.1. The predicted octanol–water partition coefficient (Wildman–Crippen LogP) is 3.10. The van der Waals surface area contributed by atoms with E-state index in [1.807, 2.05) is 30.3 Å². The van der Waals surface area contributed by atoms with Crippen molar-refractivity contribution in [3.63, 3.8) is 0 Å². The van der Waals surface area contributed by atoms with E-state index in [0.29, 0.717) is 12.3 Å². The molecule has 1 saturated heterocycles. The number of alkyl halides is 1. The fraction of sp³-hybridized carbons (Fsp3) is 0.346. The molecule has 9 nitrogen and oxygen atoms in total. The summed E-state index contributed by atoms with van der Waals surface area (Å²) in [4.78, 5) is 31.8. The second-order valence-electron chi connectivity index (χ2n) is 9.19. The number of ether oxygens (including phenoxy) is 1. The number of carboxylic acids is 1. The highest BCUT2D eigenvalue weighted by Gasteiger charge is 2.42. The molecule has 1 aliphatic heterocycles. The van der Waals surface area contributed by atoms with Gasteiger partial charge in [0.05, 0.1) is 36.3 Å². The van der Waals surface area contributed by atoms with Gasteiger partial charge in [0.2, 0.25) is 5.43 Å². The molecule has 3 N–H and O–H groups in total. The van der Waals surface area contributed by atoms with Crippen LogP contribution in [0.25, 0.3) is 10.9 Å². The summed E-state index contributed by atoms with van der Waals surface area (Å²) in [5.41, 5.74) is 6.33. The normalized spacial score (nSPS) is 22.0. The maximum Gasteiger partial charge on any atom is 0.341 e. The van der Waals surface area contributed by atoms with Crippen molar-refractivity contribution in [2.24, 2.45) is 16.8 Å². The van der Waals surface area contributed by atoms with Crippen molar-refractivity contribution in [1.82, 2.24) is 4.57 Å². The zero-order chi connectivity index (χ0) is 26.3. The molecule has 1 unspecified atom stereocenters. The summed E-state index contributed by atoms with van der Waals surface area (Å²) in [6, 6.07) is 9.83. The van der Waals surface area contributed by atoms with Gasteiger partial charge in [-0.15, -0.1) is 0 Å². The van der Waals surface area contributed by atoms with E-state index in [2.05, 4.69) is 5.16 Å². The molecule has 5 rings (SSSR count). The Kier molecular flexibility index (Phi) is 6.55. The lowest BCUT2D eigenvalue weighted by molar-refractivity contribution is 0.0694. The highest BCUT2D eigenvalue weighted by atomic mass is 19.1. The molecule has 2 aliphatic rings. The van der Waals surface area contributed by atoms with Crippen LogP contribution in [0.1, 0.15) is 28.4 Å². The monoisotopic (exact) mass is 512 g/mol. The first-order valence-corrected chi connectivity index (χ1v) is 11.8. The molecule has 0 bridgehead atoms. The fourth-order valence-electron chi connectivity index (χ4n) is 4.79. The Morgan fingerprint density at radius 3 is 2.65 bits per heavy atom. The SMILES string of the molecule is COc1c(N2C/C(=N/OCc3ccccc3)C(CN)C2)c(F)cc2c(=O)c(C(=O)O)cn([C@@H]3C[C@@H]3F)c12. The predicted molar refractivity (Wildman–Crippen MR) is 134 cm³/mol. The number of halogens is 2. The quantitative estimate of drug-likeness (QED) is 0.445. The molecule has 1 saturated carbocycles. The van der Waals surface area contributed by atoms with Crippen molar-refractivity contribution >= 4 is 28.3 Å². The van der Waals surface area contributed by atoms with E-state index in [-0.39, 0.29) is 54.4 Å². The maximum atomic E-state index is 15.6. The highest BCUT2D eigenvalue weighted by Crippen LogP contribution is 2.45. The first kappa shape index (κ1) is 24.7. The van der Waals surface area contributed by atoms with E-state index in [9.17, 15) is 19.1 Å². The van der Waals surface area contributed by atoms with Gasteiger partial charge < -0.3 is 29.9 Å². The van der Waals surface area contributed by atoms with Gasteiger partial charge in [-0.25, -0.2) is 13.6 Å². The summed E-state index contributed by atoms with van der Waals surface area (Å²) in [5, 5.41) is 13.6. The standard InChI is InChI=1S/C26H26F2N4O5/c1-36-25-22-16(24(33)17(26(34)35)11-32(22)21-8-18(21)27)7-19(28)23(25)31-10-15(9-29)20(12-31)30-37-13-14-5-3-2-4-6-14/h2-7,11,15,18,21H,8-10,12-13,29H2,1H3,(H,34,35)/b30-20-/t15?,18-,21+/m0/s1. The van der Waals surface area contributed by atoms with Crippen molar-refractivity contribution < 1.29 is 28.3 Å². The van der Waals surface area contributed by atoms with Gasteiger partial charge in [-0.1, -0.05) is 35.5 Å². The van der Waals surface area contributed by atoms with E-state index < -0.39 is 35.0 Å². The van der Waals surface area contributed by atoms with Gasteiger partial charge in [0.1, 0.15) is 24.0 Å². The van der Waals surface area contributed by atoms with Gasteiger partial charge >= 0.3 is 5.97 Å². The number of aromatic nitrogens is 1. The number of pyridine rings is 1. The topological polar surface area (TPSA) is 119 Å². The maximum absolute atomic E-state index is 15.6. The van der Waals surface area contributed by atoms with Crippen LogP contribution in [-0.4, -0.2) is 54.3 Å². The smallest absolute Gasteiger partial charge is 0.341 e. The number of benzene rings is 2. The molecule has 37 heavy (non-hydrogen) atoms. The molecule has 2 heterocycles. The number of nitrogens with zero attached hydrogens (tertiary/aromatic N) is 3. The van der Waals surface area contributed by atoms with E-state index >= 15 is 4.39 Å². The minimum absolute atomic E-state index is 0.0189. The molecular formula is C26H26F2N4O5. The Hall–Kier alpha value is -3.99. The number of methoxy groups -OCH3 is 1. The van der Waals surface area contributed by atoms with Crippen LogP contribution in [0, 0.1) is 11.7 Å². The second-order valence-corrected chi connectivity index (χ2v) is 9.19. The summed E-state index contributed by atoms with van der Waals surface area (Å²) >= 11 is 0. The fourth-order valence-corrected chi connectivity index (χ4v) is 4.79. The Labute approximate surface area is 210 Å². The molecule has 11 heteroatoms. The van der Waals surface area contributed by atoms with Crippen molar-refractivity contribution in [1.29, 1.82) is 0 Å².